The Balaban J connectivity index is 1.62. The largest absolute Gasteiger partial charge is 0.356 e. The van der Waals surface area contributed by atoms with Crippen molar-refractivity contribution in [1.82, 2.24) is 15.5 Å². The normalized spacial score (nSPS) is 15.2. The average Bonchev–Trinajstić information content (AvgIpc) is 3.28. The molecule has 3 rings (SSSR count). The zero-order chi connectivity index (χ0) is 20.0. The minimum atomic E-state index is -0.187. The summed E-state index contributed by atoms with van der Waals surface area (Å²) in [7, 11) is 3.43. The molecule has 2 aromatic rings. The van der Waals surface area contributed by atoms with Gasteiger partial charge >= 0.3 is 0 Å². The molecule has 0 saturated heterocycles. The van der Waals surface area contributed by atoms with Crippen molar-refractivity contribution in [3.63, 3.8) is 0 Å². The van der Waals surface area contributed by atoms with E-state index in [1.165, 1.54) is 15.8 Å². The first-order valence-electron chi connectivity index (χ1n) is 9.50. The number of nitrogens with zero attached hydrogens (tertiary/aromatic N) is 2. The number of hydrogen-bond acceptors (Lipinski definition) is 3. The van der Waals surface area contributed by atoms with E-state index in [4.69, 9.17) is 0 Å². The van der Waals surface area contributed by atoms with Crippen molar-refractivity contribution in [3.8, 4) is 0 Å². The maximum absolute atomic E-state index is 14.2. The molecule has 2 N–H and O–H groups in total. The highest BCUT2D eigenvalue weighted by molar-refractivity contribution is 7.09. The summed E-state index contributed by atoms with van der Waals surface area (Å²) in [6, 6.07) is 11.1. The van der Waals surface area contributed by atoms with E-state index in [1.54, 1.807) is 31.5 Å². The van der Waals surface area contributed by atoms with Crippen molar-refractivity contribution in [1.29, 1.82) is 0 Å². The molecule has 1 aliphatic rings. The number of halogens is 1. The lowest BCUT2D eigenvalue weighted by Crippen LogP contribution is -2.43. The predicted octanol–water partition coefficient (Wildman–Crippen LogP) is 2.78. The molecule has 0 spiro atoms. The van der Waals surface area contributed by atoms with Gasteiger partial charge in [-0.05, 0) is 42.3 Å². The molecule has 0 bridgehead atoms. The van der Waals surface area contributed by atoms with E-state index in [-0.39, 0.29) is 23.7 Å². The number of carbonyl (C=O) groups is 1. The number of aliphatic imine (C=N–C) groups is 1. The third-order valence-corrected chi connectivity index (χ3v) is 5.94. The number of carbonyl (C=O) groups excluding carboxylic acids is 1. The molecular weight excluding hydrogens is 375 g/mol. The van der Waals surface area contributed by atoms with E-state index in [1.807, 2.05) is 18.2 Å². The van der Waals surface area contributed by atoms with Gasteiger partial charge in [0.2, 0.25) is 5.91 Å². The molecule has 1 saturated carbocycles. The molecule has 1 amide bonds. The highest BCUT2D eigenvalue weighted by Gasteiger charge is 2.45. The molecular formula is C21H27FN4OS. The van der Waals surface area contributed by atoms with E-state index in [2.05, 4.69) is 27.1 Å². The van der Waals surface area contributed by atoms with Gasteiger partial charge in [0, 0.05) is 37.5 Å². The fraction of sp³-hybridized carbons (Fsp3) is 0.429. The topological polar surface area (TPSA) is 56.7 Å². The van der Waals surface area contributed by atoms with Gasteiger partial charge in [0.1, 0.15) is 12.4 Å². The molecule has 5 nitrogen and oxygen atoms in total. The van der Waals surface area contributed by atoms with Crippen molar-refractivity contribution < 1.29 is 9.18 Å². The number of benzene rings is 1. The van der Waals surface area contributed by atoms with Crippen LogP contribution in [0.2, 0.25) is 0 Å². The van der Waals surface area contributed by atoms with Crippen molar-refractivity contribution in [2.75, 3.05) is 33.7 Å². The van der Waals surface area contributed by atoms with Crippen LogP contribution < -0.4 is 10.6 Å². The first-order valence-corrected chi connectivity index (χ1v) is 10.4. The molecule has 0 unspecified atom stereocenters. The van der Waals surface area contributed by atoms with Gasteiger partial charge in [0.15, 0.2) is 5.96 Å². The zero-order valence-corrected chi connectivity index (χ0v) is 17.2. The predicted molar refractivity (Wildman–Crippen MR) is 112 cm³/mol. The van der Waals surface area contributed by atoms with Crippen LogP contribution >= 0.6 is 11.3 Å². The number of rotatable bonds is 8. The number of thiophene rings is 1. The van der Waals surface area contributed by atoms with E-state index in [0.717, 1.165) is 31.4 Å². The maximum Gasteiger partial charge on any atom is 0.243 e. The van der Waals surface area contributed by atoms with Gasteiger partial charge in [0.05, 0.1) is 0 Å². The number of guanidine groups is 1. The second-order valence-electron chi connectivity index (χ2n) is 7.32. The monoisotopic (exact) mass is 402 g/mol. The summed E-state index contributed by atoms with van der Waals surface area (Å²) < 4.78 is 14.2. The van der Waals surface area contributed by atoms with Crippen LogP contribution in [-0.4, -0.2) is 50.5 Å². The van der Waals surface area contributed by atoms with Gasteiger partial charge in [-0.25, -0.2) is 9.38 Å². The van der Waals surface area contributed by atoms with Crippen molar-refractivity contribution in [2.24, 2.45) is 4.99 Å². The van der Waals surface area contributed by atoms with E-state index in [0.29, 0.717) is 12.5 Å². The molecule has 7 heteroatoms. The summed E-state index contributed by atoms with van der Waals surface area (Å²) >= 11 is 1.72. The van der Waals surface area contributed by atoms with Crippen molar-refractivity contribution >= 4 is 23.2 Å². The average molecular weight is 403 g/mol. The summed E-state index contributed by atoms with van der Waals surface area (Å²) in [5, 5.41) is 8.69. The fourth-order valence-corrected chi connectivity index (χ4v) is 3.77. The van der Waals surface area contributed by atoms with Crippen LogP contribution in [-0.2, 0) is 16.6 Å². The smallest absolute Gasteiger partial charge is 0.243 e. The fourth-order valence-electron chi connectivity index (χ4n) is 3.06. The summed E-state index contributed by atoms with van der Waals surface area (Å²) in [5.41, 5.74) is 0.567. The SMILES string of the molecule is CN(C)C(=O)CN=C(NCCc1cccs1)NCC1(c2ccccc2F)CC1. The quantitative estimate of drug-likeness (QED) is 0.527. The Kier molecular flexibility index (Phi) is 6.67. The molecule has 28 heavy (non-hydrogen) atoms. The van der Waals surface area contributed by atoms with Crippen LogP contribution in [0.1, 0.15) is 23.3 Å². The summed E-state index contributed by atoms with van der Waals surface area (Å²) in [5.74, 6) is 0.373. The summed E-state index contributed by atoms with van der Waals surface area (Å²) in [6.45, 7) is 1.39. The van der Waals surface area contributed by atoms with E-state index >= 15 is 0 Å². The summed E-state index contributed by atoms with van der Waals surface area (Å²) in [4.78, 5) is 19.1. The number of likely N-dealkylation sites (N-methyl/N-ethyl adjacent to an activating group) is 1. The second-order valence-corrected chi connectivity index (χ2v) is 8.36. The van der Waals surface area contributed by atoms with Crippen molar-refractivity contribution in [3.05, 3.63) is 58.0 Å². The number of amides is 1. The van der Waals surface area contributed by atoms with Crippen LogP contribution in [0.25, 0.3) is 0 Å². The van der Waals surface area contributed by atoms with E-state index in [9.17, 15) is 9.18 Å². The highest BCUT2D eigenvalue weighted by atomic mass is 32.1. The molecule has 0 radical (unpaired) electrons. The Bertz CT molecular complexity index is 816. The molecule has 1 fully saturated rings. The Morgan fingerprint density at radius 2 is 2.00 bits per heavy atom. The standard InChI is InChI=1S/C21H27FN4OS/c1-26(2)19(27)14-24-20(23-12-9-16-6-5-13-28-16)25-15-21(10-11-21)17-7-3-4-8-18(17)22/h3-8,13H,9-12,14-15H2,1-2H3,(H2,23,24,25). The second kappa shape index (κ2) is 9.19. The molecule has 0 atom stereocenters. The minimum absolute atomic E-state index is 0.0606. The Morgan fingerprint density at radius 1 is 1.21 bits per heavy atom. The van der Waals surface area contributed by atoms with Gasteiger partial charge in [-0.3, -0.25) is 4.79 Å². The third kappa shape index (κ3) is 5.32. The Labute approximate surface area is 169 Å². The Morgan fingerprint density at radius 3 is 2.64 bits per heavy atom. The number of hydrogen-bond donors (Lipinski definition) is 2. The molecule has 150 valence electrons. The molecule has 0 aliphatic heterocycles. The Hall–Kier alpha value is -2.41. The molecule has 1 aliphatic carbocycles. The minimum Gasteiger partial charge on any atom is -0.356 e. The first kappa shape index (κ1) is 20.3. The van der Waals surface area contributed by atoms with Crippen LogP contribution in [0, 0.1) is 5.82 Å². The van der Waals surface area contributed by atoms with Gasteiger partial charge in [-0.2, -0.15) is 0 Å². The molecule has 1 aromatic carbocycles. The van der Waals surface area contributed by atoms with Crippen LogP contribution in [0.3, 0.4) is 0 Å². The summed E-state index contributed by atoms with van der Waals surface area (Å²) in [6.07, 6.45) is 2.78. The van der Waals surface area contributed by atoms with Crippen LogP contribution in [0.15, 0.2) is 46.8 Å². The lowest BCUT2D eigenvalue weighted by atomic mass is 9.95. The van der Waals surface area contributed by atoms with Gasteiger partial charge in [-0.1, -0.05) is 24.3 Å². The number of nitrogens with one attached hydrogen (secondary N) is 2. The zero-order valence-electron chi connectivity index (χ0n) is 16.4. The maximum atomic E-state index is 14.2. The lowest BCUT2D eigenvalue weighted by Gasteiger charge is -2.20. The van der Waals surface area contributed by atoms with Gasteiger partial charge in [0.25, 0.3) is 0 Å². The lowest BCUT2D eigenvalue weighted by molar-refractivity contribution is -0.127. The molecule has 1 aromatic heterocycles. The third-order valence-electron chi connectivity index (χ3n) is 5.01. The van der Waals surface area contributed by atoms with E-state index < -0.39 is 0 Å². The van der Waals surface area contributed by atoms with Gasteiger partial charge in [-0.15, -0.1) is 11.3 Å². The van der Waals surface area contributed by atoms with Crippen LogP contribution in [0.5, 0.6) is 0 Å². The van der Waals surface area contributed by atoms with Gasteiger partial charge < -0.3 is 15.5 Å². The highest BCUT2D eigenvalue weighted by Crippen LogP contribution is 2.48. The van der Waals surface area contributed by atoms with Crippen LogP contribution in [0.4, 0.5) is 4.39 Å². The molecule has 1 heterocycles. The first-order chi connectivity index (χ1) is 13.5. The van der Waals surface area contributed by atoms with Crippen molar-refractivity contribution in [2.45, 2.75) is 24.7 Å².